The van der Waals surface area contributed by atoms with Crippen molar-refractivity contribution in [2.75, 3.05) is 5.33 Å². The van der Waals surface area contributed by atoms with E-state index in [1.54, 1.807) is 0 Å². The van der Waals surface area contributed by atoms with E-state index >= 15 is 0 Å². The van der Waals surface area contributed by atoms with Crippen molar-refractivity contribution in [3.63, 3.8) is 0 Å². The molecule has 0 heterocycles. The monoisotopic (exact) mass is 352 g/mol. The van der Waals surface area contributed by atoms with E-state index in [1.807, 2.05) is 24.3 Å². The zero-order valence-corrected chi connectivity index (χ0v) is 10.8. The number of carbonyl (C=O) groups excluding carboxylic acids is 1. The largest absolute Gasteiger partial charge is 0.294 e. The van der Waals surface area contributed by atoms with E-state index in [9.17, 15) is 4.79 Å². The molecule has 0 fully saturated rings. The molecule has 1 aromatic carbocycles. The Kier molecular flexibility index (Phi) is 4.94. The number of benzene rings is 1. The standard InChI is InChI=1S/C10H10BrIO/c11-7-3-6-10(13)8-4-1-2-5-9(8)12/h1-2,4-5H,3,6-7H2. The van der Waals surface area contributed by atoms with E-state index in [0.29, 0.717) is 6.42 Å². The van der Waals surface area contributed by atoms with Gasteiger partial charge in [-0.1, -0.05) is 34.1 Å². The highest BCUT2D eigenvalue weighted by molar-refractivity contribution is 14.1. The summed E-state index contributed by atoms with van der Waals surface area (Å²) in [6.45, 7) is 0. The van der Waals surface area contributed by atoms with Crippen molar-refractivity contribution in [1.82, 2.24) is 0 Å². The number of rotatable bonds is 4. The first-order valence-electron chi connectivity index (χ1n) is 4.09. The Morgan fingerprint density at radius 2 is 2.08 bits per heavy atom. The van der Waals surface area contributed by atoms with Gasteiger partial charge in [-0.15, -0.1) is 0 Å². The van der Waals surface area contributed by atoms with Crippen molar-refractivity contribution in [3.05, 3.63) is 33.4 Å². The van der Waals surface area contributed by atoms with E-state index in [-0.39, 0.29) is 5.78 Å². The summed E-state index contributed by atoms with van der Waals surface area (Å²) >= 11 is 5.51. The number of alkyl halides is 1. The van der Waals surface area contributed by atoms with E-state index < -0.39 is 0 Å². The fourth-order valence-electron chi connectivity index (χ4n) is 1.05. The average molecular weight is 353 g/mol. The van der Waals surface area contributed by atoms with Crippen LogP contribution in [0.4, 0.5) is 0 Å². The van der Waals surface area contributed by atoms with Crippen LogP contribution in [0, 0.1) is 3.57 Å². The second kappa shape index (κ2) is 5.75. The summed E-state index contributed by atoms with van der Waals surface area (Å²) in [5, 5.41) is 0.891. The van der Waals surface area contributed by atoms with Crippen molar-refractivity contribution in [2.24, 2.45) is 0 Å². The maximum Gasteiger partial charge on any atom is 0.163 e. The van der Waals surface area contributed by atoms with Crippen molar-refractivity contribution < 1.29 is 4.79 Å². The van der Waals surface area contributed by atoms with Gasteiger partial charge in [-0.25, -0.2) is 0 Å². The first kappa shape index (κ1) is 11.2. The summed E-state index contributed by atoms with van der Waals surface area (Å²) < 4.78 is 1.04. The number of hydrogen-bond donors (Lipinski definition) is 0. The number of ketones is 1. The minimum atomic E-state index is 0.240. The zero-order chi connectivity index (χ0) is 9.68. The van der Waals surface area contributed by atoms with Crippen LogP contribution < -0.4 is 0 Å². The second-order valence-electron chi connectivity index (χ2n) is 2.70. The van der Waals surface area contributed by atoms with Gasteiger partial charge < -0.3 is 0 Å². The Morgan fingerprint density at radius 3 is 2.69 bits per heavy atom. The molecule has 0 aliphatic heterocycles. The molecule has 0 aromatic heterocycles. The number of Topliss-reactive ketones (excluding diaryl/α,β-unsaturated/α-hetero) is 1. The van der Waals surface area contributed by atoms with Gasteiger partial charge >= 0.3 is 0 Å². The molecule has 0 saturated heterocycles. The van der Waals surface area contributed by atoms with Crippen molar-refractivity contribution in [2.45, 2.75) is 12.8 Å². The van der Waals surface area contributed by atoms with E-state index in [1.165, 1.54) is 0 Å². The van der Waals surface area contributed by atoms with Crippen molar-refractivity contribution >= 4 is 44.3 Å². The molecule has 0 bridgehead atoms. The third-order valence-electron chi connectivity index (χ3n) is 1.71. The van der Waals surface area contributed by atoms with Gasteiger partial charge in [0.15, 0.2) is 5.78 Å². The third-order valence-corrected chi connectivity index (χ3v) is 3.21. The molecule has 0 spiro atoms. The Morgan fingerprint density at radius 1 is 1.38 bits per heavy atom. The Labute approximate surface area is 100 Å². The lowest BCUT2D eigenvalue weighted by Crippen LogP contribution is -2.01. The van der Waals surface area contributed by atoms with Crippen LogP contribution in [-0.2, 0) is 0 Å². The Bertz CT molecular complexity index is 299. The van der Waals surface area contributed by atoms with Crippen LogP contribution in [0.5, 0.6) is 0 Å². The van der Waals surface area contributed by atoms with Gasteiger partial charge in [-0.3, -0.25) is 4.79 Å². The maximum atomic E-state index is 11.6. The summed E-state index contributed by atoms with van der Waals surface area (Å²) in [6.07, 6.45) is 1.54. The van der Waals surface area contributed by atoms with Gasteiger partial charge in [0.05, 0.1) is 0 Å². The molecule has 0 unspecified atom stereocenters. The topological polar surface area (TPSA) is 17.1 Å². The van der Waals surface area contributed by atoms with E-state index in [0.717, 1.165) is 20.9 Å². The molecule has 13 heavy (non-hydrogen) atoms. The molecule has 1 nitrogen and oxygen atoms in total. The molecule has 1 aromatic rings. The number of halogens is 2. The normalized spacial score (nSPS) is 10.0. The zero-order valence-electron chi connectivity index (χ0n) is 7.09. The molecular formula is C10H10BrIO. The Balaban J connectivity index is 2.71. The summed E-state index contributed by atoms with van der Waals surface area (Å²) in [7, 11) is 0. The van der Waals surface area contributed by atoms with Crippen molar-refractivity contribution in [3.8, 4) is 0 Å². The lowest BCUT2D eigenvalue weighted by molar-refractivity contribution is 0.0981. The summed E-state index contributed by atoms with van der Waals surface area (Å²) in [6, 6.07) is 7.70. The first-order valence-corrected chi connectivity index (χ1v) is 6.29. The highest BCUT2D eigenvalue weighted by Gasteiger charge is 2.07. The number of carbonyl (C=O) groups is 1. The smallest absolute Gasteiger partial charge is 0.163 e. The van der Waals surface area contributed by atoms with E-state index in [4.69, 9.17) is 0 Å². The molecule has 0 aliphatic carbocycles. The molecule has 0 atom stereocenters. The predicted molar refractivity (Wildman–Crippen MR) is 66.5 cm³/mol. The molecule has 0 N–H and O–H groups in total. The molecule has 0 radical (unpaired) electrons. The van der Waals surface area contributed by atoms with Gasteiger partial charge in [0, 0.05) is 20.9 Å². The lowest BCUT2D eigenvalue weighted by atomic mass is 10.1. The van der Waals surface area contributed by atoms with Crippen LogP contribution >= 0.6 is 38.5 Å². The lowest BCUT2D eigenvalue weighted by Gasteiger charge is -2.01. The fourth-order valence-corrected chi connectivity index (χ4v) is 2.02. The first-order chi connectivity index (χ1) is 6.25. The highest BCUT2D eigenvalue weighted by Crippen LogP contribution is 2.14. The van der Waals surface area contributed by atoms with E-state index in [2.05, 4.69) is 38.5 Å². The Hall–Kier alpha value is 0.100. The molecule has 70 valence electrons. The maximum absolute atomic E-state index is 11.6. The molecule has 0 amide bonds. The quantitative estimate of drug-likeness (QED) is 0.459. The second-order valence-corrected chi connectivity index (χ2v) is 4.65. The minimum absolute atomic E-state index is 0.240. The molecule has 1 rings (SSSR count). The summed E-state index contributed by atoms with van der Waals surface area (Å²) in [5.74, 6) is 0.240. The molecular weight excluding hydrogens is 343 g/mol. The van der Waals surface area contributed by atoms with Crippen LogP contribution in [0.3, 0.4) is 0 Å². The average Bonchev–Trinajstić information content (AvgIpc) is 2.15. The minimum Gasteiger partial charge on any atom is -0.294 e. The number of hydrogen-bond acceptors (Lipinski definition) is 1. The fraction of sp³-hybridized carbons (Fsp3) is 0.300. The van der Waals surface area contributed by atoms with Gasteiger partial charge in [0.2, 0.25) is 0 Å². The van der Waals surface area contributed by atoms with Crippen LogP contribution in [0.25, 0.3) is 0 Å². The van der Waals surface area contributed by atoms with Crippen LogP contribution in [-0.4, -0.2) is 11.1 Å². The van der Waals surface area contributed by atoms with Crippen LogP contribution in [0.15, 0.2) is 24.3 Å². The van der Waals surface area contributed by atoms with Crippen molar-refractivity contribution in [1.29, 1.82) is 0 Å². The summed E-state index contributed by atoms with van der Waals surface area (Å²) in [5.41, 5.74) is 0.851. The SMILES string of the molecule is O=C(CCCBr)c1ccccc1I. The molecule has 0 aliphatic rings. The van der Waals surface area contributed by atoms with Gasteiger partial charge in [-0.2, -0.15) is 0 Å². The highest BCUT2D eigenvalue weighted by atomic mass is 127. The predicted octanol–water partition coefficient (Wildman–Crippen LogP) is 3.65. The molecule has 0 saturated carbocycles. The van der Waals surface area contributed by atoms with Gasteiger partial charge in [-0.05, 0) is 35.1 Å². The third kappa shape index (κ3) is 3.38. The van der Waals surface area contributed by atoms with Crippen LogP contribution in [0.1, 0.15) is 23.2 Å². The van der Waals surface area contributed by atoms with Crippen LogP contribution in [0.2, 0.25) is 0 Å². The van der Waals surface area contributed by atoms with Gasteiger partial charge in [0.25, 0.3) is 0 Å². The summed E-state index contributed by atoms with van der Waals surface area (Å²) in [4.78, 5) is 11.6. The molecule has 3 heteroatoms. The van der Waals surface area contributed by atoms with Gasteiger partial charge in [0.1, 0.15) is 0 Å².